The quantitative estimate of drug-likeness (QED) is 0.812. The first-order chi connectivity index (χ1) is 8.90. The molecular formula is C15H18N2O2. The van der Waals surface area contributed by atoms with Crippen molar-refractivity contribution >= 4 is 17.3 Å². The van der Waals surface area contributed by atoms with E-state index in [1.165, 1.54) is 0 Å². The minimum Gasteiger partial charge on any atom is -0.466 e. The summed E-state index contributed by atoms with van der Waals surface area (Å²) in [5, 5.41) is 2.82. The molecule has 0 radical (unpaired) electrons. The van der Waals surface area contributed by atoms with Crippen LogP contribution in [0.5, 0.6) is 0 Å². The molecule has 0 aliphatic rings. The summed E-state index contributed by atoms with van der Waals surface area (Å²) >= 11 is 0. The molecule has 0 aliphatic heterocycles. The van der Waals surface area contributed by atoms with Gasteiger partial charge in [-0.2, -0.15) is 0 Å². The second kappa shape index (κ2) is 4.80. The molecule has 4 heteroatoms. The van der Waals surface area contributed by atoms with Gasteiger partial charge in [0.1, 0.15) is 11.5 Å². The molecule has 0 spiro atoms. The van der Waals surface area contributed by atoms with Crippen LogP contribution in [-0.2, 0) is 0 Å². The van der Waals surface area contributed by atoms with E-state index >= 15 is 0 Å². The zero-order valence-electron chi connectivity index (χ0n) is 11.6. The summed E-state index contributed by atoms with van der Waals surface area (Å²) in [4.78, 5) is 12.3. The van der Waals surface area contributed by atoms with E-state index in [2.05, 4.69) is 5.32 Å². The van der Waals surface area contributed by atoms with Crippen LogP contribution in [0, 0.1) is 27.7 Å². The van der Waals surface area contributed by atoms with Gasteiger partial charge in [-0.05, 0) is 45.4 Å². The van der Waals surface area contributed by atoms with Crippen molar-refractivity contribution in [1.82, 2.24) is 0 Å². The van der Waals surface area contributed by atoms with Crippen molar-refractivity contribution < 1.29 is 9.21 Å². The fourth-order valence-corrected chi connectivity index (χ4v) is 2.11. The molecule has 0 saturated carbocycles. The van der Waals surface area contributed by atoms with Crippen LogP contribution < -0.4 is 11.1 Å². The minimum absolute atomic E-state index is 0.192. The Kier molecular flexibility index (Phi) is 3.34. The van der Waals surface area contributed by atoms with E-state index in [4.69, 9.17) is 10.2 Å². The topological polar surface area (TPSA) is 68.3 Å². The average molecular weight is 258 g/mol. The first-order valence-corrected chi connectivity index (χ1v) is 6.14. The highest BCUT2D eigenvalue weighted by atomic mass is 16.3. The van der Waals surface area contributed by atoms with Gasteiger partial charge in [-0.1, -0.05) is 6.07 Å². The molecule has 3 N–H and O–H groups in total. The maximum absolute atomic E-state index is 12.3. The monoisotopic (exact) mass is 258 g/mol. The maximum Gasteiger partial charge on any atom is 0.259 e. The van der Waals surface area contributed by atoms with Gasteiger partial charge in [0.2, 0.25) is 0 Å². The Morgan fingerprint density at radius 3 is 2.37 bits per heavy atom. The molecule has 0 unspecified atom stereocenters. The van der Waals surface area contributed by atoms with Crippen molar-refractivity contribution in [3.8, 4) is 0 Å². The third kappa shape index (κ3) is 2.47. The second-order valence-corrected chi connectivity index (χ2v) is 4.76. The summed E-state index contributed by atoms with van der Waals surface area (Å²) in [6.45, 7) is 7.46. The standard InChI is InChI=1S/C15H18N2O2/c1-8-5-6-13(12(16)7-8)17-15(18)14-9(2)10(3)19-11(14)4/h5-7H,16H2,1-4H3,(H,17,18). The zero-order valence-corrected chi connectivity index (χ0v) is 11.6. The molecule has 4 nitrogen and oxygen atoms in total. The molecule has 0 atom stereocenters. The molecule has 0 aliphatic carbocycles. The number of rotatable bonds is 2. The highest BCUT2D eigenvalue weighted by molar-refractivity contribution is 6.07. The molecule has 1 heterocycles. The van der Waals surface area contributed by atoms with Gasteiger partial charge in [0.15, 0.2) is 0 Å². The van der Waals surface area contributed by atoms with Crippen molar-refractivity contribution in [3.63, 3.8) is 0 Å². The van der Waals surface area contributed by atoms with E-state index in [1.54, 1.807) is 13.0 Å². The number of benzene rings is 1. The van der Waals surface area contributed by atoms with E-state index in [-0.39, 0.29) is 5.91 Å². The third-order valence-electron chi connectivity index (χ3n) is 3.24. The minimum atomic E-state index is -0.192. The first-order valence-electron chi connectivity index (χ1n) is 6.14. The van der Waals surface area contributed by atoms with Crippen molar-refractivity contribution in [2.24, 2.45) is 0 Å². The van der Waals surface area contributed by atoms with E-state index < -0.39 is 0 Å². The number of amides is 1. The third-order valence-corrected chi connectivity index (χ3v) is 3.24. The van der Waals surface area contributed by atoms with Crippen LogP contribution in [0.3, 0.4) is 0 Å². The summed E-state index contributed by atoms with van der Waals surface area (Å²) in [7, 11) is 0. The number of aryl methyl sites for hydroxylation is 3. The lowest BCUT2D eigenvalue weighted by atomic mass is 10.1. The summed E-state index contributed by atoms with van der Waals surface area (Å²) < 4.78 is 5.46. The molecule has 100 valence electrons. The van der Waals surface area contributed by atoms with Gasteiger partial charge in [-0.15, -0.1) is 0 Å². The number of carbonyl (C=O) groups excluding carboxylic acids is 1. The normalized spacial score (nSPS) is 10.5. The first kappa shape index (κ1) is 13.2. The number of hydrogen-bond acceptors (Lipinski definition) is 3. The number of anilines is 2. The Morgan fingerprint density at radius 2 is 1.84 bits per heavy atom. The average Bonchev–Trinajstić information content (AvgIpc) is 2.57. The zero-order chi connectivity index (χ0) is 14.2. The van der Waals surface area contributed by atoms with E-state index in [0.717, 1.165) is 16.9 Å². The molecule has 1 aromatic carbocycles. The number of nitrogen functional groups attached to an aromatic ring is 1. The number of nitrogens with two attached hydrogens (primary N) is 1. The van der Waals surface area contributed by atoms with Crippen molar-refractivity contribution in [3.05, 3.63) is 46.4 Å². The Balaban J connectivity index is 2.31. The number of carbonyl (C=O) groups is 1. The number of furan rings is 1. The van der Waals surface area contributed by atoms with E-state index in [9.17, 15) is 4.79 Å². The molecule has 0 bridgehead atoms. The molecule has 0 saturated heterocycles. The Bertz CT molecular complexity index is 642. The predicted molar refractivity (Wildman–Crippen MR) is 76.5 cm³/mol. The number of nitrogens with one attached hydrogen (secondary N) is 1. The van der Waals surface area contributed by atoms with Gasteiger partial charge in [-0.25, -0.2) is 0 Å². The van der Waals surface area contributed by atoms with Gasteiger partial charge >= 0.3 is 0 Å². The van der Waals surface area contributed by atoms with Crippen LogP contribution in [0.15, 0.2) is 22.6 Å². The van der Waals surface area contributed by atoms with E-state index in [0.29, 0.717) is 22.7 Å². The van der Waals surface area contributed by atoms with Crippen LogP contribution in [-0.4, -0.2) is 5.91 Å². The smallest absolute Gasteiger partial charge is 0.259 e. The number of hydrogen-bond donors (Lipinski definition) is 2. The molecular weight excluding hydrogens is 240 g/mol. The molecule has 2 aromatic rings. The predicted octanol–water partition coefficient (Wildman–Crippen LogP) is 3.35. The van der Waals surface area contributed by atoms with Gasteiger partial charge < -0.3 is 15.5 Å². The maximum atomic E-state index is 12.3. The lowest BCUT2D eigenvalue weighted by Crippen LogP contribution is -2.14. The largest absolute Gasteiger partial charge is 0.466 e. The van der Waals surface area contributed by atoms with E-state index in [1.807, 2.05) is 32.9 Å². The highest BCUT2D eigenvalue weighted by Gasteiger charge is 2.19. The lowest BCUT2D eigenvalue weighted by molar-refractivity contribution is 0.102. The van der Waals surface area contributed by atoms with Crippen LogP contribution in [0.25, 0.3) is 0 Å². The fourth-order valence-electron chi connectivity index (χ4n) is 2.11. The Hall–Kier alpha value is -2.23. The summed E-state index contributed by atoms with van der Waals surface area (Å²) in [5.41, 5.74) is 9.57. The van der Waals surface area contributed by atoms with Gasteiger partial charge in [-0.3, -0.25) is 4.79 Å². The fraction of sp³-hybridized carbons (Fsp3) is 0.267. The Morgan fingerprint density at radius 1 is 1.16 bits per heavy atom. The molecule has 1 amide bonds. The molecule has 2 rings (SSSR count). The summed E-state index contributed by atoms with van der Waals surface area (Å²) in [5.74, 6) is 1.19. The van der Waals surface area contributed by atoms with Crippen LogP contribution in [0.2, 0.25) is 0 Å². The SMILES string of the molecule is Cc1ccc(NC(=O)c2c(C)oc(C)c2C)c(N)c1. The Labute approximate surface area is 112 Å². The van der Waals surface area contributed by atoms with Crippen LogP contribution >= 0.6 is 0 Å². The summed E-state index contributed by atoms with van der Waals surface area (Å²) in [6.07, 6.45) is 0. The van der Waals surface area contributed by atoms with Crippen molar-refractivity contribution in [2.45, 2.75) is 27.7 Å². The highest BCUT2D eigenvalue weighted by Crippen LogP contribution is 2.24. The van der Waals surface area contributed by atoms with Gasteiger partial charge in [0.05, 0.1) is 16.9 Å². The lowest BCUT2D eigenvalue weighted by Gasteiger charge is -2.09. The second-order valence-electron chi connectivity index (χ2n) is 4.76. The van der Waals surface area contributed by atoms with Crippen LogP contribution in [0.4, 0.5) is 11.4 Å². The molecule has 0 fully saturated rings. The van der Waals surface area contributed by atoms with Gasteiger partial charge in [0, 0.05) is 5.56 Å². The van der Waals surface area contributed by atoms with Crippen molar-refractivity contribution in [2.75, 3.05) is 11.1 Å². The summed E-state index contributed by atoms with van der Waals surface area (Å²) in [6, 6.07) is 5.54. The van der Waals surface area contributed by atoms with Gasteiger partial charge in [0.25, 0.3) is 5.91 Å². The van der Waals surface area contributed by atoms with Crippen LogP contribution in [0.1, 0.15) is 33.0 Å². The molecule has 19 heavy (non-hydrogen) atoms. The van der Waals surface area contributed by atoms with Crippen molar-refractivity contribution in [1.29, 1.82) is 0 Å². The molecule has 1 aromatic heterocycles.